The highest BCUT2D eigenvalue weighted by molar-refractivity contribution is 6.42. The van der Waals surface area contributed by atoms with Crippen LogP contribution in [-0.4, -0.2) is 24.8 Å². The van der Waals surface area contributed by atoms with Gasteiger partial charge in [-0.25, -0.2) is 4.99 Å². The molecule has 5 rings (SSSR count). The zero-order chi connectivity index (χ0) is 31.7. The van der Waals surface area contributed by atoms with Gasteiger partial charge < -0.3 is 4.48 Å². The second kappa shape index (κ2) is 12.6. The molecule has 222 valence electrons. The summed E-state index contributed by atoms with van der Waals surface area (Å²) >= 11 is 0. The number of aryl methyl sites for hydroxylation is 7. The molecule has 0 atom stereocenters. The number of benzene rings is 4. The van der Waals surface area contributed by atoms with E-state index in [0.717, 1.165) is 48.8 Å². The Morgan fingerprint density at radius 2 is 1.20 bits per heavy atom. The molecule has 0 radical (unpaired) electrons. The Morgan fingerprint density at radius 3 is 1.75 bits per heavy atom. The van der Waals surface area contributed by atoms with Crippen molar-refractivity contribution >= 4 is 30.2 Å². The Kier molecular flexibility index (Phi) is 8.82. The van der Waals surface area contributed by atoms with Crippen molar-refractivity contribution in [1.82, 2.24) is 4.48 Å². The number of aliphatic imine (C=N–C) groups is 1. The van der Waals surface area contributed by atoms with Gasteiger partial charge in [-0.05, 0) is 146 Å². The molecule has 6 heteroatoms. The van der Waals surface area contributed by atoms with E-state index in [1.165, 1.54) is 27.8 Å². The third kappa shape index (κ3) is 6.21. The first kappa shape index (κ1) is 30.9. The fraction of sp³-hybridized carbons (Fsp3) is 0.211. The number of rotatable bonds is 5. The second-order valence-electron chi connectivity index (χ2n) is 11.8. The van der Waals surface area contributed by atoms with Crippen LogP contribution in [0.25, 0.3) is 39.2 Å². The van der Waals surface area contributed by atoms with Crippen molar-refractivity contribution in [1.29, 1.82) is 0 Å². The molecule has 3 nitrogen and oxygen atoms in total. The van der Waals surface area contributed by atoms with Gasteiger partial charge in [0.15, 0.2) is 0 Å². The molecule has 0 saturated heterocycles. The van der Waals surface area contributed by atoms with Crippen LogP contribution in [0.5, 0.6) is 0 Å². The molecule has 0 aliphatic rings. The number of pyridine rings is 1. The summed E-state index contributed by atoms with van der Waals surface area (Å²) in [5.41, 5.74) is 14.4. The first-order valence-electron chi connectivity index (χ1n) is 14.9. The van der Waals surface area contributed by atoms with Gasteiger partial charge in [0.1, 0.15) is 11.3 Å². The number of aromatic nitrogens is 1. The number of halogens is 2. The van der Waals surface area contributed by atoms with E-state index in [1.54, 1.807) is 25.3 Å². The molecule has 5 aromatic rings. The monoisotopic (exact) mass is 585 g/mol. The van der Waals surface area contributed by atoms with Gasteiger partial charge >= 0.3 is 7.40 Å². The molecule has 0 spiro atoms. The lowest BCUT2D eigenvalue weighted by atomic mass is 9.92. The average molecular weight is 586 g/mol. The third-order valence-corrected chi connectivity index (χ3v) is 8.22. The van der Waals surface area contributed by atoms with E-state index in [1.807, 2.05) is 24.3 Å². The van der Waals surface area contributed by atoms with E-state index in [9.17, 15) is 8.63 Å². The Bertz CT molecular complexity index is 1990. The van der Waals surface area contributed by atoms with Crippen LogP contribution in [-0.2, 0) is 0 Å². The Morgan fingerprint density at radius 1 is 0.659 bits per heavy atom. The molecule has 4 aromatic carbocycles. The molecule has 0 fully saturated rings. The molecule has 0 amide bonds. The molecule has 44 heavy (non-hydrogen) atoms. The summed E-state index contributed by atoms with van der Waals surface area (Å²) in [6.07, 6.45) is 3.74. The Balaban J connectivity index is 1.54. The minimum Gasteiger partial charge on any atom is -0.310 e. The van der Waals surface area contributed by atoms with Crippen molar-refractivity contribution in [2.45, 2.75) is 48.5 Å². The molecular formula is C38H38BF2N3. The molecule has 0 aliphatic carbocycles. The predicted octanol–water partition coefficient (Wildman–Crippen LogP) is 9.55. The van der Waals surface area contributed by atoms with E-state index >= 15 is 0 Å². The van der Waals surface area contributed by atoms with E-state index < -0.39 is 7.40 Å². The zero-order valence-corrected chi connectivity index (χ0v) is 26.8. The fourth-order valence-corrected chi connectivity index (χ4v) is 6.42. The van der Waals surface area contributed by atoms with Crippen molar-refractivity contribution in [3.63, 3.8) is 0 Å². The summed E-state index contributed by atoms with van der Waals surface area (Å²) in [7, 11) is -1.15. The maximum atomic E-state index is 14.6. The van der Waals surface area contributed by atoms with Gasteiger partial charge in [-0.3, -0.25) is 13.6 Å². The van der Waals surface area contributed by atoms with Gasteiger partial charge in [-0.15, -0.1) is 0 Å². The molecule has 0 saturated carbocycles. The number of hydrogen-bond donors (Lipinski definition) is 0. The Hall–Kier alpha value is -4.58. The van der Waals surface area contributed by atoms with Gasteiger partial charge in [-0.2, -0.15) is 0 Å². The van der Waals surface area contributed by atoms with E-state index in [-0.39, 0.29) is 5.49 Å². The summed E-state index contributed by atoms with van der Waals surface area (Å²) < 4.78 is 30.1. The highest BCUT2D eigenvalue weighted by atomic mass is 19.2. The van der Waals surface area contributed by atoms with Crippen LogP contribution in [0, 0.1) is 48.5 Å². The van der Waals surface area contributed by atoms with Gasteiger partial charge in [0.25, 0.3) is 0 Å². The minimum absolute atomic E-state index is 0.143. The van der Waals surface area contributed by atoms with Crippen LogP contribution in [0.2, 0.25) is 0 Å². The van der Waals surface area contributed by atoms with Crippen LogP contribution < -0.4 is 5.49 Å². The number of amidine groups is 1. The SMILES string of the molecule is C/N=C(/C=C\c1cc(-c2c(C)cc(C)cc2C)ccc1C)\N=c1\ccc2cc(-c3c(C)cc(C)cc3C)ccc2n1B(F)F. The average Bonchev–Trinajstić information content (AvgIpc) is 2.95. The lowest BCUT2D eigenvalue weighted by molar-refractivity contribution is 0.627. The van der Waals surface area contributed by atoms with Gasteiger partial charge in [0, 0.05) is 12.6 Å². The molecule has 1 heterocycles. The normalized spacial score (nSPS) is 12.5. The van der Waals surface area contributed by atoms with Crippen molar-refractivity contribution in [3.05, 3.63) is 129 Å². The second-order valence-corrected chi connectivity index (χ2v) is 11.8. The van der Waals surface area contributed by atoms with Crippen LogP contribution >= 0.6 is 0 Å². The third-order valence-electron chi connectivity index (χ3n) is 8.22. The standard InChI is InChI=1S/C38H38BF2N3/c1-23-17-26(4)37(27(5)18-23)32-10-9-25(3)30(21-32)12-15-35(42-8)43-36-16-13-31-22-33(11-14-34(31)44(36)39(40)41)38-28(6)19-24(2)20-29(38)7/h9-22H,1-8H3/b15-12-,42-35-,43-36-. The summed E-state index contributed by atoms with van der Waals surface area (Å²) in [6.45, 7) is 14.7. The first-order valence-corrected chi connectivity index (χ1v) is 14.9. The number of fused-ring (bicyclic) bond motifs is 1. The van der Waals surface area contributed by atoms with Crippen molar-refractivity contribution in [2.24, 2.45) is 9.98 Å². The molecular weight excluding hydrogens is 547 g/mol. The van der Waals surface area contributed by atoms with Gasteiger partial charge in [0.2, 0.25) is 0 Å². The van der Waals surface area contributed by atoms with Crippen LogP contribution in [0.3, 0.4) is 0 Å². The highest BCUT2D eigenvalue weighted by Crippen LogP contribution is 2.32. The quantitative estimate of drug-likeness (QED) is 0.112. The Labute approximate surface area is 259 Å². The van der Waals surface area contributed by atoms with E-state index in [0.29, 0.717) is 11.4 Å². The van der Waals surface area contributed by atoms with Crippen molar-refractivity contribution < 1.29 is 8.63 Å². The van der Waals surface area contributed by atoms with Crippen LogP contribution in [0.4, 0.5) is 8.63 Å². The maximum absolute atomic E-state index is 14.6. The first-order chi connectivity index (χ1) is 21.0. The maximum Gasteiger partial charge on any atom is 0.679 e. The molecule has 0 bridgehead atoms. The van der Waals surface area contributed by atoms with E-state index in [4.69, 9.17) is 0 Å². The predicted molar refractivity (Wildman–Crippen MR) is 184 cm³/mol. The summed E-state index contributed by atoms with van der Waals surface area (Å²) in [4.78, 5) is 8.89. The van der Waals surface area contributed by atoms with Crippen LogP contribution in [0.1, 0.15) is 44.5 Å². The van der Waals surface area contributed by atoms with Crippen molar-refractivity contribution in [2.75, 3.05) is 7.05 Å². The summed E-state index contributed by atoms with van der Waals surface area (Å²) in [5, 5.41) is 0.723. The number of nitrogens with zero attached hydrogens (tertiary/aromatic N) is 3. The highest BCUT2D eigenvalue weighted by Gasteiger charge is 2.21. The summed E-state index contributed by atoms with van der Waals surface area (Å²) in [5.74, 6) is 0.355. The largest absolute Gasteiger partial charge is 0.679 e. The topological polar surface area (TPSA) is 29.6 Å². The number of hydrogen-bond acceptors (Lipinski definition) is 1. The minimum atomic E-state index is -2.77. The van der Waals surface area contributed by atoms with Crippen LogP contribution in [0.15, 0.2) is 88.9 Å². The molecule has 1 aromatic heterocycles. The van der Waals surface area contributed by atoms with Gasteiger partial charge in [-0.1, -0.05) is 59.7 Å². The zero-order valence-electron chi connectivity index (χ0n) is 26.8. The smallest absolute Gasteiger partial charge is 0.310 e. The fourth-order valence-electron chi connectivity index (χ4n) is 6.42. The molecule has 0 N–H and O–H groups in total. The van der Waals surface area contributed by atoms with E-state index in [2.05, 4.69) is 101 Å². The molecule has 0 unspecified atom stereocenters. The van der Waals surface area contributed by atoms with Gasteiger partial charge in [0.05, 0.1) is 0 Å². The van der Waals surface area contributed by atoms with Crippen molar-refractivity contribution in [3.8, 4) is 22.3 Å². The summed E-state index contributed by atoms with van der Waals surface area (Å²) in [6, 6.07) is 24.3. The lowest BCUT2D eigenvalue weighted by Gasteiger charge is -2.14. The molecule has 0 aliphatic heterocycles. The lowest BCUT2D eigenvalue weighted by Crippen LogP contribution is -2.30.